The molecule has 0 saturated carbocycles. The fraction of sp³-hybridized carbons (Fsp3) is 0.300. The van der Waals surface area contributed by atoms with Crippen LogP contribution in [0.15, 0.2) is 18.3 Å². The number of anilines is 1. The van der Waals surface area contributed by atoms with E-state index in [1.807, 2.05) is 0 Å². The molecule has 0 aliphatic carbocycles. The molecule has 1 aromatic heterocycles. The van der Waals surface area contributed by atoms with Gasteiger partial charge in [0.15, 0.2) is 0 Å². The third-order valence-electron chi connectivity index (χ3n) is 1.96. The summed E-state index contributed by atoms with van der Waals surface area (Å²) in [5.74, 6) is -1.17. The van der Waals surface area contributed by atoms with Crippen LogP contribution in [-0.2, 0) is 14.3 Å². The number of hydrogen-bond acceptors (Lipinski definition) is 5. The van der Waals surface area contributed by atoms with Gasteiger partial charge < -0.3 is 15.8 Å². The van der Waals surface area contributed by atoms with Crippen molar-refractivity contribution >= 4 is 29.2 Å². The second kappa shape index (κ2) is 6.05. The van der Waals surface area contributed by atoms with E-state index in [-0.39, 0.29) is 6.42 Å². The highest BCUT2D eigenvalue weighted by molar-refractivity contribution is 6.29. The molecule has 92 valence electrons. The molecule has 7 heteroatoms. The molecule has 1 heterocycles. The first-order chi connectivity index (χ1) is 8.02. The molecular weight excluding hydrogens is 246 g/mol. The molecule has 0 aromatic carbocycles. The lowest BCUT2D eigenvalue weighted by atomic mass is 10.2. The van der Waals surface area contributed by atoms with Crippen LogP contribution >= 0.6 is 11.6 Å². The standard InChI is InChI=1S/C10H12ClN3O3/c1-17-10(16)7(4-9(12)15)14-6-2-3-8(11)13-5-6/h2-3,5,7,14H,4H2,1H3,(H2,12,15). The molecule has 3 N–H and O–H groups in total. The van der Waals surface area contributed by atoms with Gasteiger partial charge >= 0.3 is 5.97 Å². The van der Waals surface area contributed by atoms with E-state index in [4.69, 9.17) is 17.3 Å². The van der Waals surface area contributed by atoms with E-state index in [1.54, 1.807) is 12.1 Å². The van der Waals surface area contributed by atoms with E-state index in [2.05, 4.69) is 15.0 Å². The molecule has 0 spiro atoms. The number of halogens is 1. The maximum atomic E-state index is 11.4. The minimum atomic E-state index is -0.833. The minimum Gasteiger partial charge on any atom is -0.467 e. The normalized spacial score (nSPS) is 11.6. The molecule has 1 atom stereocenters. The molecular formula is C10H12ClN3O3. The van der Waals surface area contributed by atoms with Gasteiger partial charge in [0, 0.05) is 0 Å². The zero-order valence-electron chi connectivity index (χ0n) is 9.14. The molecule has 0 radical (unpaired) electrons. The number of amides is 1. The summed E-state index contributed by atoms with van der Waals surface area (Å²) >= 11 is 5.62. The number of ether oxygens (including phenoxy) is 1. The van der Waals surface area contributed by atoms with E-state index in [0.29, 0.717) is 10.8 Å². The van der Waals surface area contributed by atoms with Crippen LogP contribution in [-0.4, -0.2) is 30.0 Å². The quantitative estimate of drug-likeness (QED) is 0.594. The number of carbonyl (C=O) groups is 2. The van der Waals surface area contributed by atoms with Crippen LogP contribution in [0.2, 0.25) is 5.15 Å². The van der Waals surface area contributed by atoms with Gasteiger partial charge in [0.25, 0.3) is 0 Å². The van der Waals surface area contributed by atoms with Crippen LogP contribution in [0.3, 0.4) is 0 Å². The van der Waals surface area contributed by atoms with Gasteiger partial charge in [0.1, 0.15) is 11.2 Å². The molecule has 1 aromatic rings. The highest BCUT2D eigenvalue weighted by Crippen LogP contribution is 2.12. The second-order valence-electron chi connectivity index (χ2n) is 3.26. The zero-order chi connectivity index (χ0) is 12.8. The first kappa shape index (κ1) is 13.2. The van der Waals surface area contributed by atoms with Gasteiger partial charge in [-0.1, -0.05) is 11.6 Å². The van der Waals surface area contributed by atoms with Crippen molar-refractivity contribution in [3.8, 4) is 0 Å². The smallest absolute Gasteiger partial charge is 0.328 e. The van der Waals surface area contributed by atoms with Crippen molar-refractivity contribution in [3.05, 3.63) is 23.5 Å². The summed E-state index contributed by atoms with van der Waals surface area (Å²) in [6.07, 6.45) is 1.29. The van der Waals surface area contributed by atoms with Crippen molar-refractivity contribution in [1.82, 2.24) is 4.98 Å². The molecule has 6 nitrogen and oxygen atoms in total. The average Bonchev–Trinajstić information content (AvgIpc) is 2.29. The largest absolute Gasteiger partial charge is 0.467 e. The SMILES string of the molecule is COC(=O)C(CC(N)=O)Nc1ccc(Cl)nc1. The van der Waals surface area contributed by atoms with E-state index >= 15 is 0 Å². The van der Waals surface area contributed by atoms with E-state index in [1.165, 1.54) is 13.3 Å². The van der Waals surface area contributed by atoms with Crippen LogP contribution in [0, 0.1) is 0 Å². The van der Waals surface area contributed by atoms with Crippen LogP contribution in [0.5, 0.6) is 0 Å². The molecule has 0 fully saturated rings. The number of primary amides is 1. The molecule has 1 unspecified atom stereocenters. The topological polar surface area (TPSA) is 94.3 Å². The monoisotopic (exact) mass is 257 g/mol. The fourth-order valence-corrected chi connectivity index (χ4v) is 1.31. The predicted molar refractivity (Wildman–Crippen MR) is 62.5 cm³/mol. The third kappa shape index (κ3) is 4.28. The maximum absolute atomic E-state index is 11.4. The average molecular weight is 258 g/mol. The van der Waals surface area contributed by atoms with Crippen molar-refractivity contribution in [1.29, 1.82) is 0 Å². The Morgan fingerprint density at radius 3 is 2.76 bits per heavy atom. The molecule has 0 aliphatic heterocycles. The number of methoxy groups -OCH3 is 1. The van der Waals surface area contributed by atoms with E-state index < -0.39 is 17.9 Å². The number of nitrogens with zero attached hydrogens (tertiary/aromatic N) is 1. The Kier molecular flexibility index (Phi) is 4.71. The summed E-state index contributed by atoms with van der Waals surface area (Å²) in [6.45, 7) is 0. The van der Waals surface area contributed by atoms with Gasteiger partial charge in [-0.2, -0.15) is 0 Å². The molecule has 0 aliphatic rings. The van der Waals surface area contributed by atoms with Crippen LogP contribution < -0.4 is 11.1 Å². The minimum absolute atomic E-state index is 0.157. The number of nitrogens with one attached hydrogen (secondary N) is 1. The van der Waals surface area contributed by atoms with Gasteiger partial charge in [-0.15, -0.1) is 0 Å². The maximum Gasteiger partial charge on any atom is 0.328 e. The number of carbonyl (C=O) groups excluding carboxylic acids is 2. The van der Waals surface area contributed by atoms with Crippen molar-refractivity contribution in [2.24, 2.45) is 5.73 Å². The number of rotatable bonds is 5. The Labute approximate surface area is 103 Å². The van der Waals surface area contributed by atoms with E-state index in [9.17, 15) is 9.59 Å². The number of hydrogen-bond donors (Lipinski definition) is 2. The summed E-state index contributed by atoms with van der Waals surface area (Å²) in [6, 6.07) is 2.36. The molecule has 0 saturated heterocycles. The van der Waals surface area contributed by atoms with Gasteiger partial charge in [-0.3, -0.25) is 4.79 Å². The molecule has 17 heavy (non-hydrogen) atoms. The second-order valence-corrected chi connectivity index (χ2v) is 3.65. The molecule has 0 bridgehead atoms. The Hall–Kier alpha value is -1.82. The highest BCUT2D eigenvalue weighted by atomic mass is 35.5. The Morgan fingerprint density at radius 2 is 2.29 bits per heavy atom. The highest BCUT2D eigenvalue weighted by Gasteiger charge is 2.21. The first-order valence-corrected chi connectivity index (χ1v) is 5.15. The summed E-state index contributed by atoms with van der Waals surface area (Å²) < 4.78 is 4.55. The summed E-state index contributed by atoms with van der Waals surface area (Å²) in [7, 11) is 1.23. The Balaban J connectivity index is 2.75. The lowest BCUT2D eigenvalue weighted by Gasteiger charge is -2.15. The van der Waals surface area contributed by atoms with Crippen molar-refractivity contribution in [2.45, 2.75) is 12.5 Å². The number of aromatic nitrogens is 1. The van der Waals surface area contributed by atoms with Gasteiger partial charge in [0.2, 0.25) is 5.91 Å². The zero-order valence-corrected chi connectivity index (χ0v) is 9.90. The van der Waals surface area contributed by atoms with Crippen LogP contribution in [0.25, 0.3) is 0 Å². The third-order valence-corrected chi connectivity index (χ3v) is 2.18. The predicted octanol–water partition coefficient (Wildman–Crippen LogP) is 0.564. The summed E-state index contributed by atoms with van der Waals surface area (Å²) in [5.41, 5.74) is 5.59. The summed E-state index contributed by atoms with van der Waals surface area (Å²) in [5, 5.41) is 3.13. The number of esters is 1. The van der Waals surface area contributed by atoms with E-state index in [0.717, 1.165) is 0 Å². The van der Waals surface area contributed by atoms with Gasteiger partial charge in [-0.25, -0.2) is 9.78 Å². The van der Waals surface area contributed by atoms with Gasteiger partial charge in [0.05, 0.1) is 25.4 Å². The number of nitrogens with two attached hydrogens (primary N) is 1. The molecule has 1 rings (SSSR count). The Bertz CT molecular complexity index is 408. The van der Waals surface area contributed by atoms with Crippen LogP contribution in [0.4, 0.5) is 5.69 Å². The first-order valence-electron chi connectivity index (χ1n) is 4.77. The van der Waals surface area contributed by atoms with Crippen molar-refractivity contribution in [2.75, 3.05) is 12.4 Å². The fourth-order valence-electron chi connectivity index (χ4n) is 1.20. The number of pyridine rings is 1. The van der Waals surface area contributed by atoms with Crippen molar-refractivity contribution in [3.63, 3.8) is 0 Å². The lowest BCUT2D eigenvalue weighted by molar-refractivity contribution is -0.142. The molecule has 1 amide bonds. The summed E-state index contributed by atoms with van der Waals surface area (Å²) in [4.78, 5) is 26.0. The van der Waals surface area contributed by atoms with Crippen LogP contribution in [0.1, 0.15) is 6.42 Å². The van der Waals surface area contributed by atoms with Gasteiger partial charge in [-0.05, 0) is 12.1 Å². The lowest BCUT2D eigenvalue weighted by Crippen LogP contribution is -2.35. The van der Waals surface area contributed by atoms with Crippen molar-refractivity contribution < 1.29 is 14.3 Å². The Morgan fingerprint density at radius 1 is 1.59 bits per heavy atom.